The van der Waals surface area contributed by atoms with Crippen molar-refractivity contribution in [3.63, 3.8) is 0 Å². The summed E-state index contributed by atoms with van der Waals surface area (Å²) in [6.07, 6.45) is 3.26. The fraction of sp³-hybridized carbons (Fsp3) is 0.750. The lowest BCUT2D eigenvalue weighted by molar-refractivity contribution is 0.0594. The van der Waals surface area contributed by atoms with E-state index >= 15 is 0 Å². The maximum atomic E-state index is 6.05. The van der Waals surface area contributed by atoms with Crippen molar-refractivity contribution in [1.29, 1.82) is 0 Å². The van der Waals surface area contributed by atoms with E-state index in [0.29, 0.717) is 5.92 Å². The number of rotatable bonds is 4. The molecule has 96 valence electrons. The zero-order chi connectivity index (χ0) is 12.3. The van der Waals surface area contributed by atoms with E-state index in [1.807, 2.05) is 11.7 Å². The lowest BCUT2D eigenvalue weighted by Gasteiger charge is -2.22. The highest BCUT2D eigenvalue weighted by molar-refractivity contribution is 5.64. The first-order chi connectivity index (χ1) is 8.22. The van der Waals surface area contributed by atoms with E-state index in [9.17, 15) is 0 Å². The Morgan fingerprint density at radius 1 is 1.59 bits per heavy atom. The number of aromatic nitrogens is 2. The fourth-order valence-corrected chi connectivity index (χ4v) is 2.28. The summed E-state index contributed by atoms with van der Waals surface area (Å²) in [4.78, 5) is 0. The summed E-state index contributed by atoms with van der Waals surface area (Å²) in [6, 6.07) is 0. The van der Waals surface area contributed by atoms with Crippen LogP contribution in [0.3, 0.4) is 0 Å². The van der Waals surface area contributed by atoms with Gasteiger partial charge >= 0.3 is 0 Å². The van der Waals surface area contributed by atoms with Crippen LogP contribution in [0, 0.1) is 5.92 Å². The summed E-state index contributed by atoms with van der Waals surface area (Å²) in [7, 11) is 1.93. The third-order valence-electron chi connectivity index (χ3n) is 3.31. The number of hydrogen-bond acceptors (Lipinski definition) is 4. The Balaban J connectivity index is 1.95. The van der Waals surface area contributed by atoms with Gasteiger partial charge in [-0.25, -0.2) is 0 Å². The van der Waals surface area contributed by atoms with E-state index in [1.165, 1.54) is 6.42 Å². The van der Waals surface area contributed by atoms with Crippen LogP contribution in [0.15, 0.2) is 0 Å². The first kappa shape index (κ1) is 12.2. The van der Waals surface area contributed by atoms with Crippen LogP contribution >= 0.6 is 0 Å². The van der Waals surface area contributed by atoms with Gasteiger partial charge in [-0.05, 0) is 25.2 Å². The molecule has 17 heavy (non-hydrogen) atoms. The monoisotopic (exact) mass is 238 g/mol. The summed E-state index contributed by atoms with van der Waals surface area (Å²) in [5.74, 6) is 1.52. The van der Waals surface area contributed by atoms with Crippen LogP contribution < -0.4 is 11.1 Å². The third-order valence-corrected chi connectivity index (χ3v) is 3.31. The molecular weight excluding hydrogens is 216 g/mol. The lowest BCUT2D eigenvalue weighted by atomic mass is 10.0. The molecule has 1 aliphatic rings. The fourth-order valence-electron chi connectivity index (χ4n) is 2.28. The van der Waals surface area contributed by atoms with Gasteiger partial charge in [0.05, 0.1) is 18.0 Å². The van der Waals surface area contributed by atoms with Crippen LogP contribution in [-0.4, -0.2) is 29.5 Å². The van der Waals surface area contributed by atoms with E-state index in [0.717, 1.165) is 49.8 Å². The number of hydrogen-bond donors (Lipinski definition) is 2. The average Bonchev–Trinajstić information content (AvgIpc) is 2.63. The molecule has 1 aliphatic heterocycles. The van der Waals surface area contributed by atoms with Crippen LogP contribution in [0.4, 0.5) is 11.5 Å². The van der Waals surface area contributed by atoms with Gasteiger partial charge in [0.15, 0.2) is 0 Å². The first-order valence-electron chi connectivity index (χ1n) is 6.35. The highest BCUT2D eigenvalue weighted by Gasteiger charge is 2.16. The molecule has 3 N–H and O–H groups in total. The molecule has 0 saturated carbocycles. The maximum Gasteiger partial charge on any atom is 0.147 e. The second-order valence-corrected chi connectivity index (χ2v) is 4.65. The quantitative estimate of drug-likeness (QED) is 0.832. The molecule has 5 nitrogen and oxygen atoms in total. The predicted octanol–water partition coefficient (Wildman–Crippen LogP) is 1.40. The van der Waals surface area contributed by atoms with Gasteiger partial charge in [-0.15, -0.1) is 0 Å². The normalized spacial score (nSPS) is 20.5. The SMILES string of the molecule is CCc1nn(C)c(NCC2CCCOC2)c1N. The molecule has 0 aromatic carbocycles. The number of aryl methyl sites for hydroxylation is 2. The number of ether oxygens (including phenoxy) is 1. The second kappa shape index (κ2) is 5.40. The Labute approximate surface area is 102 Å². The Morgan fingerprint density at radius 2 is 2.41 bits per heavy atom. The van der Waals surface area contributed by atoms with Gasteiger partial charge in [0.2, 0.25) is 0 Å². The number of nitrogens with zero attached hydrogens (tertiary/aromatic N) is 2. The Kier molecular flexibility index (Phi) is 3.89. The van der Waals surface area contributed by atoms with Gasteiger partial charge in [-0.2, -0.15) is 5.10 Å². The minimum absolute atomic E-state index is 0.586. The van der Waals surface area contributed by atoms with Crippen molar-refractivity contribution in [2.75, 3.05) is 30.8 Å². The van der Waals surface area contributed by atoms with Crippen molar-refractivity contribution in [3.05, 3.63) is 5.69 Å². The largest absolute Gasteiger partial charge is 0.394 e. The molecule has 0 aliphatic carbocycles. The minimum Gasteiger partial charge on any atom is -0.394 e. The zero-order valence-corrected chi connectivity index (χ0v) is 10.7. The van der Waals surface area contributed by atoms with Crippen molar-refractivity contribution in [2.45, 2.75) is 26.2 Å². The van der Waals surface area contributed by atoms with E-state index in [-0.39, 0.29) is 0 Å². The molecule has 1 aromatic heterocycles. The molecule has 0 spiro atoms. The van der Waals surface area contributed by atoms with E-state index in [4.69, 9.17) is 10.5 Å². The second-order valence-electron chi connectivity index (χ2n) is 4.65. The Morgan fingerprint density at radius 3 is 3.00 bits per heavy atom. The molecule has 2 rings (SSSR count). The highest BCUT2D eigenvalue weighted by Crippen LogP contribution is 2.23. The average molecular weight is 238 g/mol. The molecule has 1 aromatic rings. The van der Waals surface area contributed by atoms with Crippen molar-refractivity contribution in [1.82, 2.24) is 9.78 Å². The van der Waals surface area contributed by atoms with Gasteiger partial charge in [-0.1, -0.05) is 6.92 Å². The van der Waals surface area contributed by atoms with Crippen molar-refractivity contribution < 1.29 is 4.74 Å². The summed E-state index contributed by atoms with van der Waals surface area (Å²) in [5, 5.41) is 7.79. The van der Waals surface area contributed by atoms with E-state index in [2.05, 4.69) is 17.3 Å². The van der Waals surface area contributed by atoms with Crippen LogP contribution in [0.1, 0.15) is 25.5 Å². The molecule has 1 atom stereocenters. The number of nitrogens with one attached hydrogen (secondary N) is 1. The van der Waals surface area contributed by atoms with Crippen LogP contribution in [-0.2, 0) is 18.2 Å². The number of nitrogen functional groups attached to an aromatic ring is 1. The molecule has 5 heteroatoms. The van der Waals surface area contributed by atoms with Crippen molar-refractivity contribution >= 4 is 11.5 Å². The predicted molar refractivity (Wildman–Crippen MR) is 69.0 cm³/mol. The smallest absolute Gasteiger partial charge is 0.147 e. The third kappa shape index (κ3) is 2.72. The van der Waals surface area contributed by atoms with E-state index in [1.54, 1.807) is 0 Å². The van der Waals surface area contributed by atoms with Gasteiger partial charge < -0.3 is 15.8 Å². The molecule has 0 amide bonds. The van der Waals surface area contributed by atoms with Gasteiger partial charge in [0, 0.05) is 20.2 Å². The first-order valence-corrected chi connectivity index (χ1v) is 6.35. The van der Waals surface area contributed by atoms with Gasteiger partial charge in [-0.3, -0.25) is 4.68 Å². The summed E-state index contributed by atoms with van der Waals surface area (Å²) < 4.78 is 7.29. The Bertz CT molecular complexity index is 369. The lowest BCUT2D eigenvalue weighted by Crippen LogP contribution is -2.25. The van der Waals surface area contributed by atoms with Crippen molar-refractivity contribution in [2.24, 2.45) is 13.0 Å². The molecule has 0 radical (unpaired) electrons. The molecule has 2 heterocycles. The van der Waals surface area contributed by atoms with Crippen LogP contribution in [0.2, 0.25) is 0 Å². The highest BCUT2D eigenvalue weighted by atomic mass is 16.5. The molecule has 1 unspecified atom stereocenters. The van der Waals surface area contributed by atoms with Crippen LogP contribution in [0.5, 0.6) is 0 Å². The van der Waals surface area contributed by atoms with Gasteiger partial charge in [0.25, 0.3) is 0 Å². The Hall–Kier alpha value is -1.23. The molecule has 1 fully saturated rings. The minimum atomic E-state index is 0.586. The van der Waals surface area contributed by atoms with Gasteiger partial charge in [0.1, 0.15) is 5.82 Å². The summed E-state index contributed by atoms with van der Waals surface area (Å²) >= 11 is 0. The number of anilines is 2. The molecule has 0 bridgehead atoms. The van der Waals surface area contributed by atoms with Crippen molar-refractivity contribution in [3.8, 4) is 0 Å². The number of nitrogens with two attached hydrogens (primary N) is 1. The molecular formula is C12H22N4O. The van der Waals surface area contributed by atoms with Crippen LogP contribution in [0.25, 0.3) is 0 Å². The summed E-state index contributed by atoms with van der Waals surface area (Å²) in [6.45, 7) is 4.74. The topological polar surface area (TPSA) is 65.1 Å². The zero-order valence-electron chi connectivity index (χ0n) is 10.7. The summed E-state index contributed by atoms with van der Waals surface area (Å²) in [5.41, 5.74) is 7.80. The molecule has 1 saturated heterocycles. The van der Waals surface area contributed by atoms with E-state index < -0.39 is 0 Å². The standard InChI is InChI=1S/C12H22N4O/c1-3-10-11(13)12(16(2)15-10)14-7-9-5-4-6-17-8-9/h9,14H,3-8,13H2,1-2H3. The maximum absolute atomic E-state index is 6.05.